The number of hydrogen-bond donors (Lipinski definition) is 1. The maximum atomic E-state index is 13.0. The number of aliphatic hydroxyl groups excluding tert-OH is 1. The number of aliphatic hydroxyl groups is 1. The standard InChI is InChI=1S/C18H22FNO3/c19-15-6-4-14(5-7-15)11-18(13-21)8-9-20(12-18)17(22)16-3-1-2-10-23-16/h3-7,21H,1-2,8-13H2. The maximum Gasteiger partial charge on any atom is 0.288 e. The van der Waals surface area contributed by atoms with Gasteiger partial charge < -0.3 is 14.7 Å². The molecule has 4 nitrogen and oxygen atoms in total. The molecule has 1 aromatic rings. The Kier molecular flexibility index (Phi) is 4.66. The third-order valence-corrected chi connectivity index (χ3v) is 4.70. The molecule has 0 saturated carbocycles. The summed E-state index contributed by atoms with van der Waals surface area (Å²) in [5.41, 5.74) is 0.616. The second-order valence-electron chi connectivity index (χ2n) is 6.50. The van der Waals surface area contributed by atoms with Gasteiger partial charge in [0.05, 0.1) is 13.2 Å². The average molecular weight is 319 g/mol. The summed E-state index contributed by atoms with van der Waals surface area (Å²) in [6, 6.07) is 6.34. The van der Waals surface area contributed by atoms with Crippen LogP contribution in [0, 0.1) is 11.2 Å². The van der Waals surface area contributed by atoms with E-state index in [4.69, 9.17) is 4.74 Å². The van der Waals surface area contributed by atoms with Crippen LogP contribution in [0.5, 0.6) is 0 Å². The molecule has 0 spiro atoms. The van der Waals surface area contributed by atoms with Gasteiger partial charge in [0.1, 0.15) is 5.82 Å². The summed E-state index contributed by atoms with van der Waals surface area (Å²) in [6.07, 6.45) is 5.04. The molecule has 0 radical (unpaired) electrons. The summed E-state index contributed by atoms with van der Waals surface area (Å²) in [7, 11) is 0. The summed E-state index contributed by atoms with van der Waals surface area (Å²) in [4.78, 5) is 14.3. The van der Waals surface area contributed by atoms with Crippen molar-refractivity contribution in [1.82, 2.24) is 4.90 Å². The van der Waals surface area contributed by atoms with Crippen molar-refractivity contribution < 1.29 is 19.0 Å². The summed E-state index contributed by atoms with van der Waals surface area (Å²) in [6.45, 7) is 1.71. The van der Waals surface area contributed by atoms with E-state index in [0.717, 1.165) is 24.8 Å². The zero-order valence-electron chi connectivity index (χ0n) is 13.1. The highest BCUT2D eigenvalue weighted by Crippen LogP contribution is 2.34. The topological polar surface area (TPSA) is 49.8 Å². The molecule has 5 heteroatoms. The number of hydrogen-bond acceptors (Lipinski definition) is 3. The maximum absolute atomic E-state index is 13.0. The highest BCUT2D eigenvalue weighted by atomic mass is 19.1. The van der Waals surface area contributed by atoms with Crippen LogP contribution in [0.15, 0.2) is 36.1 Å². The second-order valence-corrected chi connectivity index (χ2v) is 6.50. The van der Waals surface area contributed by atoms with Crippen LogP contribution >= 0.6 is 0 Å². The minimum absolute atomic E-state index is 0.00800. The Morgan fingerprint density at radius 3 is 2.78 bits per heavy atom. The van der Waals surface area contributed by atoms with Crippen LogP contribution in [0.4, 0.5) is 4.39 Å². The van der Waals surface area contributed by atoms with Crippen molar-refractivity contribution in [2.75, 3.05) is 26.3 Å². The van der Waals surface area contributed by atoms with Crippen LogP contribution in [-0.2, 0) is 16.0 Å². The van der Waals surface area contributed by atoms with Gasteiger partial charge in [0, 0.05) is 18.5 Å². The van der Waals surface area contributed by atoms with Crippen LogP contribution < -0.4 is 0 Å². The molecular weight excluding hydrogens is 297 g/mol. The Hall–Kier alpha value is -1.88. The van der Waals surface area contributed by atoms with Crippen LogP contribution in [0.2, 0.25) is 0 Å². The number of likely N-dealkylation sites (tertiary alicyclic amines) is 1. The fourth-order valence-corrected chi connectivity index (χ4v) is 3.34. The number of carbonyl (C=O) groups excluding carboxylic acids is 1. The average Bonchev–Trinajstić information content (AvgIpc) is 3.02. The molecule has 23 heavy (non-hydrogen) atoms. The third kappa shape index (κ3) is 3.55. The van der Waals surface area contributed by atoms with Crippen molar-refractivity contribution in [2.45, 2.75) is 25.7 Å². The molecule has 0 bridgehead atoms. The van der Waals surface area contributed by atoms with Gasteiger partial charge in [0.15, 0.2) is 5.76 Å². The number of ether oxygens (including phenoxy) is 1. The monoisotopic (exact) mass is 319 g/mol. The molecule has 2 aliphatic heterocycles. The van der Waals surface area contributed by atoms with E-state index in [1.54, 1.807) is 17.0 Å². The SMILES string of the molecule is O=C(C1=CCCCO1)N1CCC(CO)(Cc2ccc(F)cc2)C1. The molecule has 1 N–H and O–H groups in total. The Morgan fingerprint density at radius 1 is 1.35 bits per heavy atom. The lowest BCUT2D eigenvalue weighted by Gasteiger charge is -2.28. The molecule has 1 fully saturated rings. The lowest BCUT2D eigenvalue weighted by Crippen LogP contribution is -2.36. The molecule has 1 saturated heterocycles. The van der Waals surface area contributed by atoms with Gasteiger partial charge >= 0.3 is 0 Å². The lowest BCUT2D eigenvalue weighted by atomic mass is 9.81. The third-order valence-electron chi connectivity index (χ3n) is 4.70. The quantitative estimate of drug-likeness (QED) is 0.926. The number of halogens is 1. The van der Waals surface area contributed by atoms with E-state index in [-0.39, 0.29) is 23.7 Å². The van der Waals surface area contributed by atoms with Gasteiger partial charge in [0.25, 0.3) is 5.91 Å². The number of rotatable bonds is 4. The van der Waals surface area contributed by atoms with E-state index in [9.17, 15) is 14.3 Å². The zero-order valence-corrected chi connectivity index (χ0v) is 13.1. The molecule has 1 amide bonds. The summed E-state index contributed by atoms with van der Waals surface area (Å²) < 4.78 is 18.5. The Bertz CT molecular complexity index is 599. The summed E-state index contributed by atoms with van der Waals surface area (Å²) in [5, 5.41) is 9.88. The first-order valence-corrected chi connectivity index (χ1v) is 8.09. The van der Waals surface area contributed by atoms with Gasteiger partial charge in [-0.05, 0) is 49.5 Å². The van der Waals surface area contributed by atoms with Crippen LogP contribution in [0.25, 0.3) is 0 Å². The molecular formula is C18H22FNO3. The lowest BCUT2D eigenvalue weighted by molar-refractivity contribution is -0.130. The van der Waals surface area contributed by atoms with Crippen molar-refractivity contribution in [2.24, 2.45) is 5.41 Å². The van der Waals surface area contributed by atoms with E-state index in [1.165, 1.54) is 12.1 Å². The van der Waals surface area contributed by atoms with Crippen molar-refractivity contribution in [3.8, 4) is 0 Å². The van der Waals surface area contributed by atoms with E-state index < -0.39 is 0 Å². The Balaban J connectivity index is 1.68. The van der Waals surface area contributed by atoms with Crippen molar-refractivity contribution in [3.63, 3.8) is 0 Å². The van der Waals surface area contributed by atoms with Crippen molar-refractivity contribution in [1.29, 1.82) is 0 Å². The number of benzene rings is 1. The largest absolute Gasteiger partial charge is 0.488 e. The van der Waals surface area contributed by atoms with Gasteiger partial charge in [-0.1, -0.05) is 12.1 Å². The molecule has 2 aliphatic rings. The van der Waals surface area contributed by atoms with Gasteiger partial charge in [-0.3, -0.25) is 4.79 Å². The molecule has 1 unspecified atom stereocenters. The predicted octanol–water partition coefficient (Wildman–Crippen LogP) is 2.27. The molecule has 0 aromatic heterocycles. The smallest absolute Gasteiger partial charge is 0.288 e. The van der Waals surface area contributed by atoms with Crippen LogP contribution in [0.3, 0.4) is 0 Å². The van der Waals surface area contributed by atoms with Gasteiger partial charge in [-0.2, -0.15) is 0 Å². The molecule has 1 aromatic carbocycles. The summed E-state index contributed by atoms with van der Waals surface area (Å²) >= 11 is 0. The predicted molar refractivity (Wildman–Crippen MR) is 84.1 cm³/mol. The Labute approximate surface area is 135 Å². The van der Waals surface area contributed by atoms with Crippen molar-refractivity contribution in [3.05, 3.63) is 47.5 Å². The summed E-state index contributed by atoms with van der Waals surface area (Å²) in [5.74, 6) is 0.0855. The molecule has 124 valence electrons. The number of amides is 1. The zero-order chi connectivity index (χ0) is 16.3. The number of carbonyl (C=O) groups is 1. The first-order chi connectivity index (χ1) is 11.1. The van der Waals surface area contributed by atoms with Crippen molar-refractivity contribution >= 4 is 5.91 Å². The fourth-order valence-electron chi connectivity index (χ4n) is 3.34. The normalized spacial score (nSPS) is 24.3. The highest BCUT2D eigenvalue weighted by molar-refractivity contribution is 5.91. The Morgan fingerprint density at radius 2 is 2.13 bits per heavy atom. The van der Waals surface area contributed by atoms with Gasteiger partial charge in [-0.15, -0.1) is 0 Å². The molecule has 0 aliphatic carbocycles. The minimum atomic E-state index is -0.358. The first kappa shape index (κ1) is 16.0. The first-order valence-electron chi connectivity index (χ1n) is 8.09. The van der Waals surface area contributed by atoms with E-state index in [2.05, 4.69) is 0 Å². The minimum Gasteiger partial charge on any atom is -0.488 e. The van der Waals surface area contributed by atoms with Gasteiger partial charge in [0.2, 0.25) is 0 Å². The number of allylic oxidation sites excluding steroid dienone is 1. The second kappa shape index (κ2) is 6.71. The highest BCUT2D eigenvalue weighted by Gasteiger charge is 2.40. The van der Waals surface area contributed by atoms with Gasteiger partial charge in [-0.25, -0.2) is 4.39 Å². The number of nitrogens with zero attached hydrogens (tertiary/aromatic N) is 1. The molecule has 1 atom stereocenters. The van der Waals surface area contributed by atoms with E-state index >= 15 is 0 Å². The molecule has 2 heterocycles. The molecule has 3 rings (SSSR count). The van der Waals surface area contributed by atoms with Crippen LogP contribution in [-0.4, -0.2) is 42.2 Å². The van der Waals surface area contributed by atoms with E-state index in [0.29, 0.717) is 31.9 Å². The van der Waals surface area contributed by atoms with E-state index in [1.807, 2.05) is 6.08 Å². The van der Waals surface area contributed by atoms with Crippen LogP contribution in [0.1, 0.15) is 24.8 Å². The fraction of sp³-hybridized carbons (Fsp3) is 0.500.